The molecule has 0 heterocycles. The third-order valence-electron chi connectivity index (χ3n) is 3.80. The van der Waals surface area contributed by atoms with Gasteiger partial charge in [0, 0.05) is 24.3 Å². The van der Waals surface area contributed by atoms with Gasteiger partial charge in [-0.15, -0.1) is 0 Å². The molecule has 0 saturated heterocycles. The Morgan fingerprint density at radius 1 is 1.17 bits per heavy atom. The molecule has 23 heavy (non-hydrogen) atoms. The van der Waals surface area contributed by atoms with Gasteiger partial charge in [-0.1, -0.05) is 30.3 Å². The van der Waals surface area contributed by atoms with Crippen LogP contribution in [0.5, 0.6) is 5.75 Å². The predicted molar refractivity (Wildman–Crippen MR) is 92.2 cm³/mol. The maximum atomic E-state index is 11.2. The lowest BCUT2D eigenvalue weighted by Gasteiger charge is -2.12. The molecule has 5 nitrogen and oxygen atoms in total. The summed E-state index contributed by atoms with van der Waals surface area (Å²) in [7, 11) is 1.67. The first-order valence-corrected chi connectivity index (χ1v) is 7.58. The molecule has 0 aliphatic carbocycles. The van der Waals surface area contributed by atoms with E-state index in [1.807, 2.05) is 48.5 Å². The smallest absolute Gasteiger partial charge is 0.222 e. The zero-order valence-corrected chi connectivity index (χ0v) is 13.3. The fourth-order valence-electron chi connectivity index (χ4n) is 2.39. The molecular weight excluding hydrogens is 290 g/mol. The summed E-state index contributed by atoms with van der Waals surface area (Å²) in [5.74, 6) is 0.192. The van der Waals surface area contributed by atoms with Gasteiger partial charge in [0.2, 0.25) is 5.91 Å². The molecule has 122 valence electrons. The third kappa shape index (κ3) is 4.72. The second-order valence-corrected chi connectivity index (χ2v) is 5.40. The first-order chi connectivity index (χ1) is 11.1. The third-order valence-corrected chi connectivity index (χ3v) is 3.80. The van der Waals surface area contributed by atoms with Crippen molar-refractivity contribution in [1.29, 1.82) is 0 Å². The summed E-state index contributed by atoms with van der Waals surface area (Å²) < 4.78 is 5.34. The lowest BCUT2D eigenvalue weighted by Crippen LogP contribution is -2.31. The van der Waals surface area contributed by atoms with Crippen LogP contribution >= 0.6 is 0 Å². The number of amides is 1. The van der Waals surface area contributed by atoms with Crippen LogP contribution in [-0.4, -0.2) is 19.6 Å². The average Bonchev–Trinajstić information content (AvgIpc) is 2.58. The zero-order valence-electron chi connectivity index (χ0n) is 13.3. The Hall–Kier alpha value is -2.53. The van der Waals surface area contributed by atoms with Crippen molar-refractivity contribution in [3.63, 3.8) is 0 Å². The van der Waals surface area contributed by atoms with Gasteiger partial charge in [0.15, 0.2) is 0 Å². The van der Waals surface area contributed by atoms with E-state index in [9.17, 15) is 4.79 Å². The van der Waals surface area contributed by atoms with E-state index in [0.717, 1.165) is 22.6 Å². The van der Waals surface area contributed by atoms with Crippen molar-refractivity contribution >= 4 is 11.6 Å². The summed E-state index contributed by atoms with van der Waals surface area (Å²) >= 11 is 0. The van der Waals surface area contributed by atoms with Crippen molar-refractivity contribution in [2.75, 3.05) is 19.0 Å². The summed E-state index contributed by atoms with van der Waals surface area (Å²) in [6, 6.07) is 15.8. The molecule has 2 rings (SSSR count). The first kappa shape index (κ1) is 16.8. The maximum Gasteiger partial charge on any atom is 0.222 e. The van der Waals surface area contributed by atoms with Crippen LogP contribution in [0.25, 0.3) is 0 Å². The van der Waals surface area contributed by atoms with Crippen LogP contribution in [0.1, 0.15) is 11.1 Å². The highest BCUT2D eigenvalue weighted by Gasteiger charge is 2.13. The lowest BCUT2D eigenvalue weighted by molar-refractivity contribution is -0.121. The number of hydrogen-bond donors (Lipinski definition) is 3. The van der Waals surface area contributed by atoms with Crippen molar-refractivity contribution < 1.29 is 9.53 Å². The van der Waals surface area contributed by atoms with Crippen molar-refractivity contribution in [2.24, 2.45) is 17.4 Å². The molecule has 0 bridgehead atoms. The van der Waals surface area contributed by atoms with E-state index in [2.05, 4.69) is 5.32 Å². The summed E-state index contributed by atoms with van der Waals surface area (Å²) in [6.07, 6.45) is 0.568. The summed E-state index contributed by atoms with van der Waals surface area (Å²) in [6.45, 7) is 0.944. The highest BCUT2D eigenvalue weighted by Crippen LogP contribution is 2.19. The molecular formula is C18H23N3O2. The molecule has 1 amide bonds. The van der Waals surface area contributed by atoms with Crippen molar-refractivity contribution in [1.82, 2.24) is 0 Å². The Balaban J connectivity index is 1.96. The summed E-state index contributed by atoms with van der Waals surface area (Å²) in [5, 5.41) is 3.36. The normalized spacial score (nSPS) is 11.7. The Morgan fingerprint density at radius 3 is 2.48 bits per heavy atom. The molecule has 0 aromatic heterocycles. The lowest BCUT2D eigenvalue weighted by atomic mass is 9.99. The first-order valence-electron chi connectivity index (χ1n) is 7.58. The number of nitrogens with two attached hydrogens (primary N) is 2. The quantitative estimate of drug-likeness (QED) is 0.694. The highest BCUT2D eigenvalue weighted by molar-refractivity contribution is 5.77. The van der Waals surface area contributed by atoms with E-state index in [4.69, 9.17) is 16.2 Å². The molecule has 1 unspecified atom stereocenters. The number of para-hydroxylation sites is 1. The van der Waals surface area contributed by atoms with Gasteiger partial charge in [-0.05, 0) is 30.2 Å². The Labute approximate surface area is 136 Å². The van der Waals surface area contributed by atoms with Gasteiger partial charge < -0.3 is 21.5 Å². The number of anilines is 1. The average molecular weight is 313 g/mol. The number of carbonyl (C=O) groups is 1. The number of benzene rings is 2. The second kappa shape index (κ2) is 8.19. The minimum Gasteiger partial charge on any atom is -0.496 e. The predicted octanol–water partition coefficient (Wildman–Crippen LogP) is 1.91. The molecule has 0 saturated carbocycles. The van der Waals surface area contributed by atoms with Crippen LogP contribution in [-0.2, 0) is 17.8 Å². The van der Waals surface area contributed by atoms with E-state index >= 15 is 0 Å². The zero-order chi connectivity index (χ0) is 16.7. The summed E-state index contributed by atoms with van der Waals surface area (Å²) in [4.78, 5) is 11.2. The van der Waals surface area contributed by atoms with Crippen LogP contribution in [0.15, 0.2) is 48.5 Å². The topological polar surface area (TPSA) is 90.4 Å². The van der Waals surface area contributed by atoms with E-state index < -0.39 is 0 Å². The fraction of sp³-hybridized carbons (Fsp3) is 0.278. The van der Waals surface area contributed by atoms with Crippen molar-refractivity contribution in [3.05, 3.63) is 59.7 Å². The van der Waals surface area contributed by atoms with Gasteiger partial charge in [0.1, 0.15) is 5.75 Å². The molecule has 5 heteroatoms. The Kier molecular flexibility index (Phi) is 6.00. The summed E-state index contributed by atoms with van der Waals surface area (Å²) in [5.41, 5.74) is 14.0. The number of rotatable bonds is 8. The van der Waals surface area contributed by atoms with Crippen LogP contribution < -0.4 is 21.5 Å². The van der Waals surface area contributed by atoms with Gasteiger partial charge in [0.25, 0.3) is 0 Å². The van der Waals surface area contributed by atoms with Gasteiger partial charge in [-0.2, -0.15) is 0 Å². The fourth-order valence-corrected chi connectivity index (χ4v) is 2.39. The molecule has 0 aliphatic rings. The van der Waals surface area contributed by atoms with E-state index in [1.54, 1.807) is 7.11 Å². The number of ether oxygens (including phenoxy) is 1. The van der Waals surface area contributed by atoms with Crippen LogP contribution in [0.2, 0.25) is 0 Å². The van der Waals surface area contributed by atoms with Crippen LogP contribution in [0.3, 0.4) is 0 Å². The second-order valence-electron chi connectivity index (χ2n) is 5.40. The molecule has 0 aliphatic heterocycles. The highest BCUT2D eigenvalue weighted by atomic mass is 16.5. The number of methoxy groups -OCH3 is 1. The molecule has 0 fully saturated rings. The van der Waals surface area contributed by atoms with E-state index in [-0.39, 0.29) is 18.4 Å². The molecule has 0 spiro atoms. The Morgan fingerprint density at radius 2 is 1.87 bits per heavy atom. The van der Waals surface area contributed by atoms with Gasteiger partial charge in [-0.25, -0.2) is 0 Å². The number of nitrogens with one attached hydrogen (secondary N) is 1. The van der Waals surface area contributed by atoms with Crippen molar-refractivity contribution in [3.8, 4) is 5.75 Å². The monoisotopic (exact) mass is 313 g/mol. The minimum atomic E-state index is -0.356. The SMILES string of the molecule is COc1ccccc1CNc1ccc(CC(CN)C(N)=O)cc1. The number of primary amides is 1. The number of carbonyl (C=O) groups excluding carboxylic acids is 1. The van der Waals surface area contributed by atoms with Gasteiger partial charge in [-0.3, -0.25) is 4.79 Å². The Bertz CT molecular complexity index is 641. The number of hydrogen-bond acceptors (Lipinski definition) is 4. The standard InChI is InChI=1S/C18H23N3O2/c1-23-17-5-3-2-4-14(17)12-21-16-8-6-13(7-9-16)10-15(11-19)18(20)22/h2-9,15,21H,10-12,19H2,1H3,(H2,20,22). The van der Waals surface area contributed by atoms with Crippen LogP contribution in [0.4, 0.5) is 5.69 Å². The van der Waals surface area contributed by atoms with E-state index in [1.165, 1.54) is 0 Å². The van der Waals surface area contributed by atoms with Crippen LogP contribution in [0, 0.1) is 5.92 Å². The molecule has 5 N–H and O–H groups in total. The van der Waals surface area contributed by atoms with Gasteiger partial charge >= 0.3 is 0 Å². The minimum absolute atomic E-state index is 0.267. The van der Waals surface area contributed by atoms with E-state index in [0.29, 0.717) is 13.0 Å². The molecule has 1 atom stereocenters. The van der Waals surface area contributed by atoms with Gasteiger partial charge in [0.05, 0.1) is 13.0 Å². The largest absolute Gasteiger partial charge is 0.496 e. The molecule has 2 aromatic rings. The van der Waals surface area contributed by atoms with Crippen molar-refractivity contribution in [2.45, 2.75) is 13.0 Å². The molecule has 0 radical (unpaired) electrons. The molecule has 2 aromatic carbocycles. The maximum absolute atomic E-state index is 11.2.